The van der Waals surface area contributed by atoms with Gasteiger partial charge in [-0.3, -0.25) is 9.48 Å². The van der Waals surface area contributed by atoms with E-state index in [1.54, 1.807) is 12.4 Å². The smallest absolute Gasteiger partial charge is 0.257 e. The molecule has 1 aliphatic heterocycles. The van der Waals surface area contributed by atoms with E-state index in [9.17, 15) is 4.79 Å². The van der Waals surface area contributed by atoms with Gasteiger partial charge in [-0.25, -0.2) is 4.98 Å². The van der Waals surface area contributed by atoms with Crippen LogP contribution in [-0.2, 0) is 7.05 Å². The van der Waals surface area contributed by atoms with Crippen molar-refractivity contribution >= 4 is 5.91 Å². The highest BCUT2D eigenvalue weighted by Gasteiger charge is 2.34. The largest absolute Gasteiger partial charge is 0.336 e. The normalized spacial score (nSPS) is 22.0. The number of amides is 1. The molecule has 1 atom stereocenters. The lowest BCUT2D eigenvalue weighted by Crippen LogP contribution is -2.40. The summed E-state index contributed by atoms with van der Waals surface area (Å²) >= 11 is 0. The fourth-order valence-corrected chi connectivity index (χ4v) is 3.49. The zero-order valence-electron chi connectivity index (χ0n) is 12.9. The molecule has 116 valence electrons. The van der Waals surface area contributed by atoms with Gasteiger partial charge in [0.25, 0.3) is 5.91 Å². The fraction of sp³-hybridized carbons (Fsp3) is 0.562. The van der Waals surface area contributed by atoms with Crippen molar-refractivity contribution < 1.29 is 4.79 Å². The van der Waals surface area contributed by atoms with Crippen molar-refractivity contribution in [3.05, 3.63) is 36.2 Å². The van der Waals surface area contributed by atoms with Crippen molar-refractivity contribution in [1.82, 2.24) is 24.2 Å². The first-order valence-corrected chi connectivity index (χ1v) is 8.02. The Kier molecular flexibility index (Phi) is 3.24. The molecule has 0 bridgehead atoms. The van der Waals surface area contributed by atoms with Crippen LogP contribution in [0.25, 0.3) is 0 Å². The molecule has 0 aromatic carbocycles. The third-order valence-corrected chi connectivity index (χ3v) is 4.81. The Hall–Kier alpha value is -2.11. The predicted molar refractivity (Wildman–Crippen MR) is 81.6 cm³/mol. The van der Waals surface area contributed by atoms with Gasteiger partial charge in [-0.15, -0.1) is 0 Å². The number of nitrogens with zero attached hydrogens (tertiary/aromatic N) is 5. The number of rotatable bonds is 3. The lowest BCUT2D eigenvalue weighted by Gasteiger charge is -2.33. The summed E-state index contributed by atoms with van der Waals surface area (Å²) in [6, 6.07) is 0.334. The van der Waals surface area contributed by atoms with E-state index in [1.165, 1.54) is 12.8 Å². The lowest BCUT2D eigenvalue weighted by molar-refractivity contribution is 0.0678. The highest BCUT2D eigenvalue weighted by atomic mass is 16.2. The monoisotopic (exact) mass is 299 g/mol. The minimum Gasteiger partial charge on any atom is -0.336 e. The maximum atomic E-state index is 12.9. The van der Waals surface area contributed by atoms with Crippen LogP contribution in [0.5, 0.6) is 0 Å². The molecule has 0 radical (unpaired) electrons. The van der Waals surface area contributed by atoms with Gasteiger partial charge in [0, 0.05) is 38.4 Å². The number of aryl methyl sites for hydroxylation is 1. The molecule has 2 aromatic heterocycles. The van der Waals surface area contributed by atoms with Crippen LogP contribution in [-0.4, -0.2) is 43.2 Å². The average molecular weight is 299 g/mol. The minimum absolute atomic E-state index is 0.139. The maximum absolute atomic E-state index is 12.9. The van der Waals surface area contributed by atoms with Crippen molar-refractivity contribution in [2.75, 3.05) is 13.1 Å². The Morgan fingerprint density at radius 1 is 1.32 bits per heavy atom. The molecule has 0 spiro atoms. The summed E-state index contributed by atoms with van der Waals surface area (Å²) in [5.41, 5.74) is 1.92. The van der Waals surface area contributed by atoms with Crippen LogP contribution in [0.2, 0.25) is 0 Å². The van der Waals surface area contributed by atoms with Crippen LogP contribution in [0.1, 0.15) is 53.7 Å². The van der Waals surface area contributed by atoms with Gasteiger partial charge in [0.1, 0.15) is 0 Å². The van der Waals surface area contributed by atoms with E-state index in [4.69, 9.17) is 0 Å². The van der Waals surface area contributed by atoms with Crippen LogP contribution >= 0.6 is 0 Å². The molecular weight excluding hydrogens is 278 g/mol. The standard InChI is InChI=1S/C16H21N5O/c1-19-15(12-4-5-12)14(9-18-19)16(22)20-7-2-3-13(10-20)21-8-6-17-11-21/h6,8-9,11-13H,2-5,7,10H2,1H3. The molecule has 2 fully saturated rings. The second kappa shape index (κ2) is 5.26. The van der Waals surface area contributed by atoms with E-state index in [0.717, 1.165) is 37.2 Å². The van der Waals surface area contributed by atoms with Gasteiger partial charge < -0.3 is 9.47 Å². The Balaban J connectivity index is 1.55. The molecule has 3 heterocycles. The first-order valence-electron chi connectivity index (χ1n) is 8.02. The number of carbonyl (C=O) groups excluding carboxylic acids is 1. The first kappa shape index (κ1) is 13.5. The van der Waals surface area contributed by atoms with Crippen LogP contribution in [0.15, 0.2) is 24.9 Å². The summed E-state index contributed by atoms with van der Waals surface area (Å²) in [5, 5.41) is 4.32. The quantitative estimate of drug-likeness (QED) is 0.870. The van der Waals surface area contributed by atoms with Gasteiger partial charge in [-0.2, -0.15) is 5.10 Å². The molecule has 22 heavy (non-hydrogen) atoms. The maximum Gasteiger partial charge on any atom is 0.257 e. The molecule has 6 nitrogen and oxygen atoms in total. The number of aromatic nitrogens is 4. The summed E-state index contributed by atoms with van der Waals surface area (Å²) in [5.74, 6) is 0.667. The Labute approximate surface area is 129 Å². The second-order valence-electron chi connectivity index (χ2n) is 6.40. The molecule has 2 aliphatic rings. The van der Waals surface area contributed by atoms with Crippen LogP contribution in [0.4, 0.5) is 0 Å². The molecule has 1 amide bonds. The van der Waals surface area contributed by atoms with E-state index in [2.05, 4.69) is 14.6 Å². The molecule has 1 aliphatic carbocycles. The molecule has 0 N–H and O–H groups in total. The van der Waals surface area contributed by atoms with Crippen molar-refractivity contribution in [3.63, 3.8) is 0 Å². The second-order valence-corrected chi connectivity index (χ2v) is 6.40. The molecule has 1 saturated carbocycles. The van der Waals surface area contributed by atoms with Crippen molar-refractivity contribution in [2.24, 2.45) is 7.05 Å². The van der Waals surface area contributed by atoms with Gasteiger partial charge in [-0.1, -0.05) is 0 Å². The zero-order valence-corrected chi connectivity index (χ0v) is 12.9. The average Bonchev–Trinajstić information content (AvgIpc) is 3.08. The number of carbonyl (C=O) groups is 1. The van der Waals surface area contributed by atoms with E-state index in [1.807, 2.05) is 29.2 Å². The number of hydrogen-bond acceptors (Lipinski definition) is 3. The topological polar surface area (TPSA) is 56.0 Å². The number of piperidine rings is 1. The highest BCUT2D eigenvalue weighted by Crippen LogP contribution is 2.41. The predicted octanol–water partition coefficient (Wildman–Crippen LogP) is 1.97. The van der Waals surface area contributed by atoms with Gasteiger partial charge in [-0.05, 0) is 25.7 Å². The van der Waals surface area contributed by atoms with E-state index >= 15 is 0 Å². The summed E-state index contributed by atoms with van der Waals surface area (Å²) < 4.78 is 3.99. The summed E-state index contributed by atoms with van der Waals surface area (Å²) in [7, 11) is 1.94. The molecule has 6 heteroatoms. The molecule has 1 unspecified atom stereocenters. The molecular formula is C16H21N5O. The van der Waals surface area contributed by atoms with Crippen molar-refractivity contribution in [2.45, 2.75) is 37.6 Å². The SMILES string of the molecule is Cn1ncc(C(=O)N2CCCC(n3ccnc3)C2)c1C1CC1. The Bertz CT molecular complexity index is 671. The third kappa shape index (κ3) is 2.32. The van der Waals surface area contributed by atoms with E-state index in [0.29, 0.717) is 12.0 Å². The molecule has 2 aromatic rings. The minimum atomic E-state index is 0.139. The number of likely N-dealkylation sites (tertiary alicyclic amines) is 1. The lowest BCUT2D eigenvalue weighted by atomic mass is 10.0. The van der Waals surface area contributed by atoms with Gasteiger partial charge in [0.15, 0.2) is 0 Å². The van der Waals surface area contributed by atoms with Crippen LogP contribution in [0.3, 0.4) is 0 Å². The zero-order chi connectivity index (χ0) is 15.1. The highest BCUT2D eigenvalue weighted by molar-refractivity contribution is 5.95. The third-order valence-electron chi connectivity index (χ3n) is 4.81. The number of imidazole rings is 1. The Morgan fingerprint density at radius 2 is 2.18 bits per heavy atom. The Morgan fingerprint density at radius 3 is 2.91 bits per heavy atom. The number of hydrogen-bond donors (Lipinski definition) is 0. The molecule has 1 saturated heterocycles. The molecule has 4 rings (SSSR count). The summed E-state index contributed by atoms with van der Waals surface area (Å²) in [6.07, 6.45) is 11.9. The van der Waals surface area contributed by atoms with E-state index in [-0.39, 0.29) is 5.91 Å². The van der Waals surface area contributed by atoms with Crippen LogP contribution < -0.4 is 0 Å². The van der Waals surface area contributed by atoms with Crippen molar-refractivity contribution in [1.29, 1.82) is 0 Å². The summed E-state index contributed by atoms with van der Waals surface area (Å²) in [4.78, 5) is 19.0. The van der Waals surface area contributed by atoms with Crippen LogP contribution in [0, 0.1) is 0 Å². The van der Waals surface area contributed by atoms with Crippen molar-refractivity contribution in [3.8, 4) is 0 Å². The van der Waals surface area contributed by atoms with Gasteiger partial charge >= 0.3 is 0 Å². The van der Waals surface area contributed by atoms with Gasteiger partial charge in [0.05, 0.1) is 29.8 Å². The van der Waals surface area contributed by atoms with Gasteiger partial charge in [0.2, 0.25) is 0 Å². The first-order chi connectivity index (χ1) is 10.7. The fourth-order valence-electron chi connectivity index (χ4n) is 3.49. The summed E-state index contributed by atoms with van der Waals surface area (Å²) in [6.45, 7) is 1.59. The van der Waals surface area contributed by atoms with E-state index < -0.39 is 0 Å².